The van der Waals surface area contributed by atoms with Crippen molar-refractivity contribution < 1.29 is 0 Å². The van der Waals surface area contributed by atoms with Crippen molar-refractivity contribution in [1.29, 1.82) is 0 Å². The maximum Gasteiger partial charge on any atom is 0.0569 e. The van der Waals surface area contributed by atoms with Crippen LogP contribution in [0.3, 0.4) is 0 Å². The lowest BCUT2D eigenvalue weighted by atomic mass is 9.75. The Morgan fingerprint density at radius 1 is 1.05 bits per heavy atom. The standard InChI is InChI=1S/C19H34N2/c1-6-12-18(21(7-2)8-3)19(20,15-16(4)5)17-13-10-9-11-14-17/h9-11,13-14,16,18H,6-8,12,15,20H2,1-5H3. The van der Waals surface area contributed by atoms with Crippen LogP contribution in [0, 0.1) is 5.92 Å². The number of rotatable bonds is 9. The minimum absolute atomic E-state index is 0.266. The highest BCUT2D eigenvalue weighted by Crippen LogP contribution is 2.34. The lowest BCUT2D eigenvalue weighted by Gasteiger charge is -2.45. The fourth-order valence-corrected chi connectivity index (χ4v) is 3.57. The van der Waals surface area contributed by atoms with Crippen molar-refractivity contribution in [2.24, 2.45) is 11.7 Å². The first-order valence-electron chi connectivity index (χ1n) is 8.57. The van der Waals surface area contributed by atoms with Crippen molar-refractivity contribution in [2.75, 3.05) is 13.1 Å². The van der Waals surface area contributed by atoms with Crippen molar-refractivity contribution in [2.45, 2.75) is 65.5 Å². The van der Waals surface area contributed by atoms with E-state index in [1.165, 1.54) is 12.0 Å². The summed E-state index contributed by atoms with van der Waals surface area (Å²) in [6, 6.07) is 11.1. The summed E-state index contributed by atoms with van der Waals surface area (Å²) in [7, 11) is 0. The summed E-state index contributed by atoms with van der Waals surface area (Å²) in [4.78, 5) is 2.54. The average molecular weight is 290 g/mol. The number of hydrogen-bond acceptors (Lipinski definition) is 2. The minimum Gasteiger partial charge on any atom is -0.320 e. The molecule has 1 aromatic carbocycles. The smallest absolute Gasteiger partial charge is 0.0569 e. The van der Waals surface area contributed by atoms with E-state index < -0.39 is 0 Å². The molecule has 0 radical (unpaired) electrons. The summed E-state index contributed by atoms with van der Waals surface area (Å²) >= 11 is 0. The molecule has 0 aliphatic heterocycles. The van der Waals surface area contributed by atoms with Crippen molar-refractivity contribution in [3.63, 3.8) is 0 Å². The van der Waals surface area contributed by atoms with Crippen LogP contribution in [0.5, 0.6) is 0 Å². The zero-order chi connectivity index (χ0) is 15.9. The molecule has 0 saturated heterocycles. The van der Waals surface area contributed by atoms with Gasteiger partial charge in [-0.2, -0.15) is 0 Å². The fraction of sp³-hybridized carbons (Fsp3) is 0.684. The van der Waals surface area contributed by atoms with Crippen molar-refractivity contribution >= 4 is 0 Å². The molecular weight excluding hydrogens is 256 g/mol. The van der Waals surface area contributed by atoms with Gasteiger partial charge in [-0.05, 0) is 37.4 Å². The normalized spacial score (nSPS) is 16.2. The van der Waals surface area contributed by atoms with Crippen LogP contribution in [0.1, 0.15) is 59.4 Å². The predicted molar refractivity (Wildman–Crippen MR) is 93.4 cm³/mol. The van der Waals surface area contributed by atoms with Gasteiger partial charge < -0.3 is 5.73 Å². The zero-order valence-electron chi connectivity index (χ0n) is 14.6. The van der Waals surface area contributed by atoms with Gasteiger partial charge >= 0.3 is 0 Å². The van der Waals surface area contributed by atoms with E-state index >= 15 is 0 Å². The molecule has 120 valence electrons. The third kappa shape index (κ3) is 4.55. The molecule has 0 bridgehead atoms. The second kappa shape index (κ2) is 8.55. The Balaban J connectivity index is 3.24. The Morgan fingerprint density at radius 2 is 1.62 bits per heavy atom. The molecule has 1 rings (SSSR count). The van der Waals surface area contributed by atoms with E-state index in [9.17, 15) is 0 Å². The Morgan fingerprint density at radius 3 is 2.05 bits per heavy atom. The molecule has 2 heteroatoms. The van der Waals surface area contributed by atoms with Crippen LogP contribution in [0.4, 0.5) is 0 Å². The molecule has 0 fully saturated rings. The second-order valence-electron chi connectivity index (χ2n) is 6.53. The summed E-state index contributed by atoms with van der Waals surface area (Å²) in [6.45, 7) is 13.4. The molecule has 21 heavy (non-hydrogen) atoms. The number of nitrogens with zero attached hydrogens (tertiary/aromatic N) is 1. The predicted octanol–water partition coefficient (Wildman–Crippen LogP) is 4.40. The third-order valence-electron chi connectivity index (χ3n) is 4.47. The molecule has 0 amide bonds. The largest absolute Gasteiger partial charge is 0.320 e. The summed E-state index contributed by atoms with van der Waals surface area (Å²) in [5.41, 5.74) is 8.08. The first-order chi connectivity index (χ1) is 9.99. The van der Waals surface area contributed by atoms with Gasteiger partial charge in [0, 0.05) is 6.04 Å². The van der Waals surface area contributed by atoms with E-state index in [1.54, 1.807) is 0 Å². The molecule has 0 saturated carbocycles. The molecule has 2 nitrogen and oxygen atoms in total. The molecule has 0 aliphatic carbocycles. The highest BCUT2D eigenvalue weighted by Gasteiger charge is 2.39. The first kappa shape index (κ1) is 18.2. The quantitative estimate of drug-likeness (QED) is 0.730. The molecular formula is C19H34N2. The number of hydrogen-bond donors (Lipinski definition) is 1. The van der Waals surface area contributed by atoms with Crippen LogP contribution in [-0.2, 0) is 5.54 Å². The summed E-state index contributed by atoms with van der Waals surface area (Å²) < 4.78 is 0. The number of benzene rings is 1. The molecule has 0 heterocycles. The molecule has 1 aromatic rings. The van der Waals surface area contributed by atoms with Gasteiger partial charge in [0.2, 0.25) is 0 Å². The number of likely N-dealkylation sites (N-methyl/N-ethyl adjacent to an activating group) is 1. The lowest BCUT2D eigenvalue weighted by molar-refractivity contribution is 0.104. The second-order valence-corrected chi connectivity index (χ2v) is 6.53. The Kier molecular flexibility index (Phi) is 7.41. The van der Waals surface area contributed by atoms with Crippen LogP contribution in [-0.4, -0.2) is 24.0 Å². The Bertz CT molecular complexity index is 384. The van der Waals surface area contributed by atoms with Gasteiger partial charge in [0.05, 0.1) is 5.54 Å². The van der Waals surface area contributed by atoms with Crippen molar-refractivity contribution in [3.8, 4) is 0 Å². The van der Waals surface area contributed by atoms with Crippen molar-refractivity contribution in [1.82, 2.24) is 4.90 Å². The SMILES string of the molecule is CCCC(N(CC)CC)C(N)(CC(C)C)c1ccccc1. The van der Waals surface area contributed by atoms with E-state index in [2.05, 4.69) is 69.9 Å². The topological polar surface area (TPSA) is 29.3 Å². The Hall–Kier alpha value is -0.860. The summed E-state index contributed by atoms with van der Waals surface area (Å²) in [5, 5.41) is 0. The first-order valence-corrected chi connectivity index (χ1v) is 8.57. The van der Waals surface area contributed by atoms with Crippen molar-refractivity contribution in [3.05, 3.63) is 35.9 Å². The Labute approximate surface area is 131 Å². The van der Waals surface area contributed by atoms with Crippen LogP contribution < -0.4 is 5.73 Å². The molecule has 2 unspecified atom stereocenters. The highest BCUT2D eigenvalue weighted by molar-refractivity contribution is 5.26. The van der Waals surface area contributed by atoms with Crippen LogP contribution in [0.15, 0.2) is 30.3 Å². The minimum atomic E-state index is -0.266. The zero-order valence-corrected chi connectivity index (χ0v) is 14.6. The van der Waals surface area contributed by atoms with E-state index in [-0.39, 0.29) is 5.54 Å². The molecule has 0 aromatic heterocycles. The monoisotopic (exact) mass is 290 g/mol. The van der Waals surface area contributed by atoms with Gasteiger partial charge in [-0.25, -0.2) is 0 Å². The van der Waals surface area contributed by atoms with Crippen LogP contribution in [0.25, 0.3) is 0 Å². The number of nitrogens with two attached hydrogens (primary N) is 1. The van der Waals surface area contributed by atoms with Gasteiger partial charge in [0.15, 0.2) is 0 Å². The van der Waals surface area contributed by atoms with E-state index in [4.69, 9.17) is 5.73 Å². The summed E-state index contributed by atoms with van der Waals surface area (Å²) in [5.74, 6) is 0.588. The molecule has 0 spiro atoms. The van der Waals surface area contributed by atoms with E-state index in [0.717, 1.165) is 25.9 Å². The van der Waals surface area contributed by atoms with Gasteiger partial charge in [-0.1, -0.05) is 71.4 Å². The van der Waals surface area contributed by atoms with Gasteiger partial charge in [0.25, 0.3) is 0 Å². The summed E-state index contributed by atoms with van der Waals surface area (Å²) in [6.07, 6.45) is 3.35. The maximum absolute atomic E-state index is 7.06. The average Bonchev–Trinajstić information content (AvgIpc) is 2.47. The molecule has 2 N–H and O–H groups in total. The van der Waals surface area contributed by atoms with Gasteiger partial charge in [0.1, 0.15) is 0 Å². The fourth-order valence-electron chi connectivity index (χ4n) is 3.57. The van der Waals surface area contributed by atoms with Crippen LogP contribution in [0.2, 0.25) is 0 Å². The maximum atomic E-state index is 7.06. The van der Waals surface area contributed by atoms with Gasteiger partial charge in [-0.15, -0.1) is 0 Å². The van der Waals surface area contributed by atoms with E-state index in [1.807, 2.05) is 0 Å². The van der Waals surface area contributed by atoms with E-state index in [0.29, 0.717) is 12.0 Å². The van der Waals surface area contributed by atoms with Crippen LogP contribution >= 0.6 is 0 Å². The molecule has 2 atom stereocenters. The molecule has 0 aliphatic rings. The lowest BCUT2D eigenvalue weighted by Crippen LogP contribution is -2.56. The third-order valence-corrected chi connectivity index (χ3v) is 4.47. The highest BCUT2D eigenvalue weighted by atomic mass is 15.2. The van der Waals surface area contributed by atoms with Gasteiger partial charge in [-0.3, -0.25) is 4.90 Å².